The summed E-state index contributed by atoms with van der Waals surface area (Å²) in [5, 5.41) is 13.3. The monoisotopic (exact) mass is 236 g/mol. The highest BCUT2D eigenvalue weighted by Crippen LogP contribution is 2.13. The quantitative estimate of drug-likeness (QED) is 0.739. The highest BCUT2D eigenvalue weighted by Gasteiger charge is 2.10. The standard InChI is InChI=1S/C9H8N4O4/c1-5(14)16-4-8-12-13-9(17-8)6-2-3-7(15)11-10-6/h2-3H,4H2,1H3,(H,11,15). The predicted octanol–water partition coefficient (Wildman–Crippen LogP) is -0.117. The van der Waals surface area contributed by atoms with Gasteiger partial charge >= 0.3 is 5.97 Å². The van der Waals surface area contributed by atoms with Crippen LogP contribution in [-0.4, -0.2) is 26.4 Å². The minimum Gasteiger partial charge on any atom is -0.456 e. The highest BCUT2D eigenvalue weighted by molar-refractivity contribution is 5.65. The Balaban J connectivity index is 2.15. The molecule has 0 bridgehead atoms. The van der Waals surface area contributed by atoms with Crippen LogP contribution in [0.5, 0.6) is 0 Å². The van der Waals surface area contributed by atoms with Crippen LogP contribution < -0.4 is 5.56 Å². The van der Waals surface area contributed by atoms with Crippen LogP contribution in [0.25, 0.3) is 11.6 Å². The van der Waals surface area contributed by atoms with Gasteiger partial charge in [0.25, 0.3) is 17.3 Å². The number of H-pyrrole nitrogens is 1. The van der Waals surface area contributed by atoms with Crippen LogP contribution in [0.2, 0.25) is 0 Å². The largest absolute Gasteiger partial charge is 0.456 e. The van der Waals surface area contributed by atoms with E-state index in [0.29, 0.717) is 5.69 Å². The number of carbonyl (C=O) groups is 1. The van der Waals surface area contributed by atoms with Crippen molar-refractivity contribution in [3.05, 3.63) is 28.4 Å². The molecule has 2 aromatic rings. The van der Waals surface area contributed by atoms with Gasteiger partial charge in [-0.2, -0.15) is 5.10 Å². The summed E-state index contributed by atoms with van der Waals surface area (Å²) in [6.07, 6.45) is 0. The topological polar surface area (TPSA) is 111 Å². The molecule has 2 heterocycles. The number of esters is 1. The van der Waals surface area contributed by atoms with Gasteiger partial charge in [-0.1, -0.05) is 0 Å². The molecule has 0 fully saturated rings. The summed E-state index contributed by atoms with van der Waals surface area (Å²) in [6, 6.07) is 2.74. The molecule has 0 aliphatic heterocycles. The Hall–Kier alpha value is -2.51. The van der Waals surface area contributed by atoms with Crippen LogP contribution in [-0.2, 0) is 16.1 Å². The minimum atomic E-state index is -0.438. The van der Waals surface area contributed by atoms with E-state index in [1.54, 1.807) is 0 Å². The van der Waals surface area contributed by atoms with Crippen LogP contribution in [0, 0.1) is 0 Å². The van der Waals surface area contributed by atoms with Crippen LogP contribution in [0.1, 0.15) is 12.8 Å². The van der Waals surface area contributed by atoms with Crippen LogP contribution in [0.4, 0.5) is 0 Å². The van der Waals surface area contributed by atoms with Gasteiger partial charge in [-0.15, -0.1) is 10.2 Å². The predicted molar refractivity (Wildman–Crippen MR) is 53.6 cm³/mol. The van der Waals surface area contributed by atoms with E-state index in [1.165, 1.54) is 19.1 Å². The van der Waals surface area contributed by atoms with Crippen molar-refractivity contribution in [2.24, 2.45) is 0 Å². The molecule has 0 atom stereocenters. The van der Waals surface area contributed by atoms with E-state index in [2.05, 4.69) is 25.1 Å². The lowest BCUT2D eigenvalue weighted by Gasteiger charge is -1.95. The first-order chi connectivity index (χ1) is 8.15. The Morgan fingerprint density at radius 3 is 2.94 bits per heavy atom. The van der Waals surface area contributed by atoms with Crippen LogP contribution in [0.15, 0.2) is 21.3 Å². The zero-order chi connectivity index (χ0) is 12.3. The fraction of sp³-hybridized carbons (Fsp3) is 0.222. The van der Waals surface area contributed by atoms with E-state index in [1.807, 2.05) is 0 Å². The molecule has 0 saturated heterocycles. The molecule has 1 N–H and O–H groups in total. The molecule has 0 amide bonds. The summed E-state index contributed by atoms with van der Waals surface area (Å²) >= 11 is 0. The molecule has 2 aromatic heterocycles. The van der Waals surface area contributed by atoms with E-state index in [0.717, 1.165) is 0 Å². The smallest absolute Gasteiger partial charge is 0.303 e. The SMILES string of the molecule is CC(=O)OCc1nnc(-c2ccc(=O)[nH]n2)o1. The summed E-state index contributed by atoms with van der Waals surface area (Å²) in [4.78, 5) is 21.4. The average Bonchev–Trinajstić information content (AvgIpc) is 2.76. The first-order valence-corrected chi connectivity index (χ1v) is 4.67. The van der Waals surface area contributed by atoms with Gasteiger partial charge in [-0.25, -0.2) is 5.10 Å². The maximum Gasteiger partial charge on any atom is 0.303 e. The van der Waals surface area contributed by atoms with E-state index in [4.69, 9.17) is 4.42 Å². The minimum absolute atomic E-state index is 0.0916. The first kappa shape index (κ1) is 11.0. The number of hydrogen-bond donors (Lipinski definition) is 1. The van der Waals surface area contributed by atoms with E-state index >= 15 is 0 Å². The molecule has 8 nitrogen and oxygen atoms in total. The second-order valence-electron chi connectivity index (χ2n) is 3.09. The van der Waals surface area contributed by atoms with Crippen LogP contribution in [0.3, 0.4) is 0 Å². The normalized spacial score (nSPS) is 10.2. The number of aromatic amines is 1. The van der Waals surface area contributed by atoms with Gasteiger partial charge in [-0.05, 0) is 6.07 Å². The molecule has 0 aliphatic carbocycles. The van der Waals surface area contributed by atoms with Gasteiger partial charge in [0, 0.05) is 13.0 Å². The lowest BCUT2D eigenvalue weighted by molar-refractivity contribution is -0.142. The highest BCUT2D eigenvalue weighted by atomic mass is 16.5. The third-order valence-electron chi connectivity index (χ3n) is 1.76. The number of ether oxygens (including phenoxy) is 1. The summed E-state index contributed by atoms with van der Waals surface area (Å²) in [6.45, 7) is 1.19. The fourth-order valence-electron chi connectivity index (χ4n) is 1.04. The van der Waals surface area contributed by atoms with Crippen molar-refractivity contribution in [2.45, 2.75) is 13.5 Å². The van der Waals surface area contributed by atoms with E-state index in [9.17, 15) is 9.59 Å². The summed E-state index contributed by atoms with van der Waals surface area (Å²) in [5.41, 5.74) is 0.0135. The third-order valence-corrected chi connectivity index (χ3v) is 1.76. The molecule has 0 unspecified atom stereocenters. The van der Waals surface area contributed by atoms with Crippen molar-refractivity contribution in [2.75, 3.05) is 0 Å². The molecular formula is C9H8N4O4. The Labute approximate surface area is 94.6 Å². The Morgan fingerprint density at radius 1 is 1.47 bits per heavy atom. The van der Waals surface area contributed by atoms with E-state index in [-0.39, 0.29) is 23.9 Å². The molecule has 17 heavy (non-hydrogen) atoms. The Morgan fingerprint density at radius 2 is 2.29 bits per heavy atom. The summed E-state index contributed by atoms with van der Waals surface area (Å²) < 4.78 is 9.86. The number of nitrogens with zero attached hydrogens (tertiary/aromatic N) is 3. The fourth-order valence-corrected chi connectivity index (χ4v) is 1.04. The maximum atomic E-state index is 10.8. The Bertz CT molecular complexity index is 568. The Kier molecular flexibility index (Phi) is 2.95. The number of hydrogen-bond acceptors (Lipinski definition) is 7. The zero-order valence-electron chi connectivity index (χ0n) is 8.84. The number of aromatic nitrogens is 4. The maximum absolute atomic E-state index is 10.8. The molecule has 2 rings (SSSR count). The van der Waals surface area contributed by atoms with Gasteiger partial charge in [0.15, 0.2) is 6.61 Å². The van der Waals surface area contributed by atoms with Crippen molar-refractivity contribution in [3.8, 4) is 11.6 Å². The number of carbonyl (C=O) groups excluding carboxylic acids is 1. The number of rotatable bonds is 3. The average molecular weight is 236 g/mol. The summed E-state index contributed by atoms with van der Waals surface area (Å²) in [7, 11) is 0. The zero-order valence-corrected chi connectivity index (χ0v) is 8.84. The van der Waals surface area contributed by atoms with Gasteiger partial charge in [0.1, 0.15) is 5.69 Å². The second-order valence-corrected chi connectivity index (χ2v) is 3.09. The molecule has 0 radical (unpaired) electrons. The summed E-state index contributed by atoms with van der Waals surface area (Å²) in [5.74, 6) is -0.140. The lowest BCUT2D eigenvalue weighted by atomic mass is 10.4. The van der Waals surface area contributed by atoms with Gasteiger partial charge in [0.05, 0.1) is 0 Å². The van der Waals surface area contributed by atoms with Gasteiger partial charge in [0.2, 0.25) is 0 Å². The van der Waals surface area contributed by atoms with Crippen molar-refractivity contribution in [3.63, 3.8) is 0 Å². The molecule has 0 aromatic carbocycles. The van der Waals surface area contributed by atoms with E-state index < -0.39 is 5.97 Å². The van der Waals surface area contributed by atoms with Gasteiger partial charge in [-0.3, -0.25) is 9.59 Å². The van der Waals surface area contributed by atoms with Gasteiger partial charge < -0.3 is 9.15 Å². The van der Waals surface area contributed by atoms with Crippen molar-refractivity contribution in [1.29, 1.82) is 0 Å². The lowest BCUT2D eigenvalue weighted by Crippen LogP contribution is -2.05. The third kappa shape index (κ3) is 2.74. The first-order valence-electron chi connectivity index (χ1n) is 4.67. The molecule has 0 saturated carbocycles. The molecule has 0 spiro atoms. The van der Waals surface area contributed by atoms with Crippen molar-refractivity contribution < 1.29 is 13.9 Å². The van der Waals surface area contributed by atoms with Crippen LogP contribution >= 0.6 is 0 Å². The molecule has 8 heteroatoms. The molecule has 0 aliphatic rings. The van der Waals surface area contributed by atoms with Crippen molar-refractivity contribution >= 4 is 5.97 Å². The second kappa shape index (κ2) is 4.56. The molecular weight excluding hydrogens is 228 g/mol. The number of nitrogens with one attached hydrogen (secondary N) is 1. The van der Waals surface area contributed by atoms with Crippen molar-refractivity contribution in [1.82, 2.24) is 20.4 Å². The molecule has 88 valence electrons.